The zero-order chi connectivity index (χ0) is 12.5. The molecule has 0 saturated heterocycles. The van der Waals surface area contributed by atoms with Crippen molar-refractivity contribution in [2.75, 3.05) is 5.75 Å². The van der Waals surface area contributed by atoms with Gasteiger partial charge in [-0.25, -0.2) is 0 Å². The Morgan fingerprint density at radius 2 is 2.18 bits per heavy atom. The average Bonchev–Trinajstić information content (AvgIpc) is 2.32. The van der Waals surface area contributed by atoms with E-state index in [0.717, 1.165) is 10.5 Å². The SMILES string of the molecule is CC1(CCC(=O)O)CSc2ccccc2C1=O. The summed E-state index contributed by atoms with van der Waals surface area (Å²) in [6, 6.07) is 7.52. The first-order valence-electron chi connectivity index (χ1n) is 5.51. The van der Waals surface area contributed by atoms with E-state index < -0.39 is 11.4 Å². The Hall–Kier alpha value is -1.29. The molecule has 1 unspecified atom stereocenters. The number of aliphatic carboxylic acids is 1. The van der Waals surface area contributed by atoms with E-state index in [0.29, 0.717) is 12.2 Å². The number of fused-ring (bicyclic) bond motifs is 1. The zero-order valence-corrected chi connectivity index (χ0v) is 10.4. The molecule has 1 atom stereocenters. The number of carboxylic acids is 1. The summed E-state index contributed by atoms with van der Waals surface area (Å²) in [5.74, 6) is -0.105. The van der Waals surface area contributed by atoms with Gasteiger partial charge in [0.15, 0.2) is 5.78 Å². The van der Waals surface area contributed by atoms with Gasteiger partial charge in [-0.05, 0) is 12.5 Å². The number of benzene rings is 1. The summed E-state index contributed by atoms with van der Waals surface area (Å²) in [7, 11) is 0. The standard InChI is InChI=1S/C13H14O3S/c1-13(7-6-11(14)15)8-17-10-5-3-2-4-9(10)12(13)16/h2-5H,6-8H2,1H3,(H,14,15). The van der Waals surface area contributed by atoms with Gasteiger partial charge in [0.05, 0.1) is 0 Å². The van der Waals surface area contributed by atoms with Crippen molar-refractivity contribution >= 4 is 23.5 Å². The first kappa shape index (κ1) is 12.2. The number of carbonyl (C=O) groups is 2. The van der Waals surface area contributed by atoms with Crippen LogP contribution in [0, 0.1) is 5.41 Å². The van der Waals surface area contributed by atoms with Crippen molar-refractivity contribution in [3.63, 3.8) is 0 Å². The first-order valence-corrected chi connectivity index (χ1v) is 6.50. The molecule has 0 aromatic heterocycles. The van der Waals surface area contributed by atoms with E-state index in [1.807, 2.05) is 31.2 Å². The number of hydrogen-bond acceptors (Lipinski definition) is 3. The number of carboxylic acid groups (broad SMARTS) is 1. The molecule has 1 N–H and O–H groups in total. The van der Waals surface area contributed by atoms with E-state index in [-0.39, 0.29) is 12.2 Å². The molecule has 0 aliphatic carbocycles. The second kappa shape index (κ2) is 4.53. The van der Waals surface area contributed by atoms with Crippen molar-refractivity contribution in [3.05, 3.63) is 29.8 Å². The van der Waals surface area contributed by atoms with Crippen LogP contribution in [0.2, 0.25) is 0 Å². The molecule has 4 heteroatoms. The minimum absolute atomic E-state index is 0.0466. The molecule has 2 rings (SSSR count). The van der Waals surface area contributed by atoms with E-state index in [1.54, 1.807) is 11.8 Å². The van der Waals surface area contributed by atoms with Gasteiger partial charge in [-0.3, -0.25) is 9.59 Å². The number of hydrogen-bond donors (Lipinski definition) is 1. The van der Waals surface area contributed by atoms with Crippen LogP contribution in [0.25, 0.3) is 0 Å². The van der Waals surface area contributed by atoms with E-state index in [4.69, 9.17) is 5.11 Å². The summed E-state index contributed by atoms with van der Waals surface area (Å²) in [6.45, 7) is 1.86. The van der Waals surface area contributed by atoms with Crippen molar-refractivity contribution in [2.24, 2.45) is 5.41 Å². The van der Waals surface area contributed by atoms with Crippen molar-refractivity contribution in [2.45, 2.75) is 24.7 Å². The monoisotopic (exact) mass is 250 g/mol. The van der Waals surface area contributed by atoms with Gasteiger partial charge in [0, 0.05) is 28.0 Å². The largest absolute Gasteiger partial charge is 0.481 e. The van der Waals surface area contributed by atoms with Crippen molar-refractivity contribution in [3.8, 4) is 0 Å². The van der Waals surface area contributed by atoms with Crippen molar-refractivity contribution < 1.29 is 14.7 Å². The molecule has 0 amide bonds. The molecule has 1 aromatic carbocycles. The Balaban J connectivity index is 2.24. The molecule has 1 aromatic rings. The van der Waals surface area contributed by atoms with Crippen LogP contribution in [0.4, 0.5) is 0 Å². The Bertz CT molecular complexity index is 469. The van der Waals surface area contributed by atoms with Gasteiger partial charge in [-0.15, -0.1) is 11.8 Å². The van der Waals surface area contributed by atoms with Crippen LogP contribution in [0.3, 0.4) is 0 Å². The van der Waals surface area contributed by atoms with E-state index in [1.165, 1.54) is 0 Å². The number of thioether (sulfide) groups is 1. The van der Waals surface area contributed by atoms with E-state index in [2.05, 4.69) is 0 Å². The molecular formula is C13H14O3S. The predicted octanol–water partition coefficient (Wildman–Crippen LogP) is 2.85. The fourth-order valence-corrected chi connectivity index (χ4v) is 3.22. The van der Waals surface area contributed by atoms with Crippen molar-refractivity contribution in [1.29, 1.82) is 0 Å². The molecule has 1 aliphatic rings. The van der Waals surface area contributed by atoms with Gasteiger partial charge in [0.2, 0.25) is 0 Å². The summed E-state index contributed by atoms with van der Waals surface area (Å²) in [6.07, 6.45) is 0.452. The normalized spacial score (nSPS) is 23.2. The number of ketones is 1. The van der Waals surface area contributed by atoms with Crippen molar-refractivity contribution in [1.82, 2.24) is 0 Å². The third kappa shape index (κ3) is 2.36. The highest BCUT2D eigenvalue weighted by molar-refractivity contribution is 7.99. The van der Waals surface area contributed by atoms with Crippen LogP contribution in [0.1, 0.15) is 30.1 Å². The predicted molar refractivity (Wildman–Crippen MR) is 66.5 cm³/mol. The van der Waals surface area contributed by atoms with Gasteiger partial charge < -0.3 is 5.11 Å². The molecule has 0 saturated carbocycles. The second-order valence-corrected chi connectivity index (χ2v) is 5.59. The van der Waals surface area contributed by atoms with Gasteiger partial charge in [-0.1, -0.05) is 25.1 Å². The number of Topliss-reactive ketones (excluding diaryl/α,β-unsaturated/α-hetero) is 1. The summed E-state index contributed by atoms with van der Waals surface area (Å²) < 4.78 is 0. The van der Waals surface area contributed by atoms with Crippen LogP contribution >= 0.6 is 11.8 Å². The lowest BCUT2D eigenvalue weighted by atomic mass is 9.79. The molecule has 0 fully saturated rings. The Kier molecular flexibility index (Phi) is 3.24. The van der Waals surface area contributed by atoms with Gasteiger partial charge in [0.25, 0.3) is 0 Å². The smallest absolute Gasteiger partial charge is 0.303 e. The van der Waals surface area contributed by atoms with E-state index in [9.17, 15) is 9.59 Å². The Morgan fingerprint density at radius 1 is 1.47 bits per heavy atom. The molecule has 1 aliphatic heterocycles. The lowest BCUT2D eigenvalue weighted by molar-refractivity contribution is -0.137. The maximum atomic E-state index is 12.3. The Labute approximate surface area is 104 Å². The van der Waals surface area contributed by atoms with Crippen LogP contribution in [0.5, 0.6) is 0 Å². The molecule has 0 radical (unpaired) electrons. The van der Waals surface area contributed by atoms with Crippen LogP contribution in [-0.4, -0.2) is 22.6 Å². The lowest BCUT2D eigenvalue weighted by Gasteiger charge is -2.32. The van der Waals surface area contributed by atoms with Crippen LogP contribution < -0.4 is 0 Å². The van der Waals surface area contributed by atoms with Gasteiger partial charge in [0.1, 0.15) is 0 Å². The lowest BCUT2D eigenvalue weighted by Crippen LogP contribution is -2.34. The highest BCUT2D eigenvalue weighted by atomic mass is 32.2. The Morgan fingerprint density at radius 3 is 2.88 bits per heavy atom. The van der Waals surface area contributed by atoms with Crippen LogP contribution in [-0.2, 0) is 4.79 Å². The summed E-state index contributed by atoms with van der Waals surface area (Å²) >= 11 is 1.64. The van der Waals surface area contributed by atoms with Crippen LogP contribution in [0.15, 0.2) is 29.2 Å². The molecule has 0 bridgehead atoms. The highest BCUT2D eigenvalue weighted by Gasteiger charge is 2.38. The molecule has 90 valence electrons. The third-order valence-corrected chi connectivity index (χ3v) is 4.57. The third-order valence-electron chi connectivity index (χ3n) is 3.12. The summed E-state index contributed by atoms with van der Waals surface area (Å²) in [5.41, 5.74) is 0.189. The number of carbonyl (C=O) groups excluding carboxylic acids is 1. The zero-order valence-electron chi connectivity index (χ0n) is 9.60. The fraction of sp³-hybridized carbons (Fsp3) is 0.385. The quantitative estimate of drug-likeness (QED) is 0.896. The second-order valence-electron chi connectivity index (χ2n) is 4.57. The van der Waals surface area contributed by atoms with E-state index >= 15 is 0 Å². The maximum absolute atomic E-state index is 12.3. The molecular weight excluding hydrogens is 236 g/mol. The maximum Gasteiger partial charge on any atom is 0.303 e. The summed E-state index contributed by atoms with van der Waals surface area (Å²) in [4.78, 5) is 24.0. The number of rotatable bonds is 3. The fourth-order valence-electron chi connectivity index (χ4n) is 1.98. The summed E-state index contributed by atoms with van der Waals surface area (Å²) in [5, 5.41) is 8.72. The highest BCUT2D eigenvalue weighted by Crippen LogP contribution is 2.42. The molecule has 17 heavy (non-hydrogen) atoms. The topological polar surface area (TPSA) is 54.4 Å². The van der Waals surface area contributed by atoms with Gasteiger partial charge in [-0.2, -0.15) is 0 Å². The van der Waals surface area contributed by atoms with Gasteiger partial charge >= 0.3 is 5.97 Å². The molecule has 0 spiro atoms. The minimum Gasteiger partial charge on any atom is -0.481 e. The average molecular weight is 250 g/mol. The minimum atomic E-state index is -0.845. The first-order chi connectivity index (χ1) is 8.03. The molecule has 3 nitrogen and oxygen atoms in total. The molecule has 1 heterocycles.